The summed E-state index contributed by atoms with van der Waals surface area (Å²) < 4.78 is 0. The van der Waals surface area contributed by atoms with Crippen LogP contribution in [0.5, 0.6) is 0 Å². The second kappa shape index (κ2) is 2.63. The van der Waals surface area contributed by atoms with Crippen LogP contribution in [-0.4, -0.2) is 5.71 Å². The standard InChI is InChI=1S/C10H12N2/c1-7-6-10(12-11)9-5-3-2-4-8(7)9/h2-5,7H,6,11H2,1H3/b12-10-. The first-order valence-corrected chi connectivity index (χ1v) is 4.19. The van der Waals surface area contributed by atoms with Crippen LogP contribution in [0.2, 0.25) is 0 Å². The fraction of sp³-hybridized carbons (Fsp3) is 0.300. The lowest BCUT2D eigenvalue weighted by molar-refractivity contribution is 0.833. The van der Waals surface area contributed by atoms with Gasteiger partial charge in [0.15, 0.2) is 0 Å². The molecular formula is C10H12N2. The van der Waals surface area contributed by atoms with Crippen molar-refractivity contribution < 1.29 is 0 Å². The lowest BCUT2D eigenvalue weighted by atomic mass is 10.0. The summed E-state index contributed by atoms with van der Waals surface area (Å²) in [7, 11) is 0. The van der Waals surface area contributed by atoms with Crippen molar-refractivity contribution in [2.24, 2.45) is 10.9 Å². The van der Waals surface area contributed by atoms with E-state index in [1.807, 2.05) is 6.07 Å². The van der Waals surface area contributed by atoms with E-state index in [9.17, 15) is 0 Å². The Morgan fingerprint density at radius 3 is 2.92 bits per heavy atom. The molecule has 2 nitrogen and oxygen atoms in total. The maximum absolute atomic E-state index is 5.30. The van der Waals surface area contributed by atoms with Gasteiger partial charge in [-0.05, 0) is 17.9 Å². The number of hydrazone groups is 1. The smallest absolute Gasteiger partial charge is 0.0681 e. The minimum absolute atomic E-state index is 0.573. The highest BCUT2D eigenvalue weighted by molar-refractivity contribution is 6.05. The molecule has 1 aliphatic carbocycles. The van der Waals surface area contributed by atoms with E-state index in [1.54, 1.807) is 0 Å². The van der Waals surface area contributed by atoms with Crippen LogP contribution in [0.15, 0.2) is 29.4 Å². The van der Waals surface area contributed by atoms with Gasteiger partial charge in [-0.1, -0.05) is 31.2 Å². The van der Waals surface area contributed by atoms with Crippen molar-refractivity contribution in [1.82, 2.24) is 0 Å². The summed E-state index contributed by atoms with van der Waals surface area (Å²) >= 11 is 0. The van der Waals surface area contributed by atoms with Gasteiger partial charge in [0.05, 0.1) is 5.71 Å². The maximum atomic E-state index is 5.30. The lowest BCUT2D eigenvalue weighted by Gasteiger charge is -2.00. The monoisotopic (exact) mass is 160 g/mol. The molecule has 0 aromatic heterocycles. The molecule has 2 heteroatoms. The summed E-state index contributed by atoms with van der Waals surface area (Å²) in [5, 5.41) is 3.80. The van der Waals surface area contributed by atoms with Gasteiger partial charge >= 0.3 is 0 Å². The summed E-state index contributed by atoms with van der Waals surface area (Å²) in [5.74, 6) is 5.87. The average molecular weight is 160 g/mol. The van der Waals surface area contributed by atoms with Crippen molar-refractivity contribution in [3.63, 3.8) is 0 Å². The van der Waals surface area contributed by atoms with E-state index in [1.165, 1.54) is 11.1 Å². The average Bonchev–Trinajstić information content (AvgIpc) is 2.44. The molecule has 0 heterocycles. The first-order chi connectivity index (χ1) is 5.83. The highest BCUT2D eigenvalue weighted by Crippen LogP contribution is 2.32. The minimum Gasteiger partial charge on any atom is -0.323 e. The Balaban J connectivity index is 2.57. The first-order valence-electron chi connectivity index (χ1n) is 4.19. The van der Waals surface area contributed by atoms with Gasteiger partial charge < -0.3 is 5.84 Å². The Kier molecular flexibility index (Phi) is 1.61. The van der Waals surface area contributed by atoms with E-state index in [0.717, 1.165) is 12.1 Å². The van der Waals surface area contributed by atoms with Crippen LogP contribution in [0.1, 0.15) is 30.4 Å². The topological polar surface area (TPSA) is 38.4 Å². The molecule has 2 rings (SSSR count). The quantitative estimate of drug-likeness (QED) is 0.456. The normalized spacial score (nSPS) is 24.4. The van der Waals surface area contributed by atoms with Crippen molar-refractivity contribution >= 4 is 5.71 Å². The predicted molar refractivity (Wildman–Crippen MR) is 50.2 cm³/mol. The predicted octanol–water partition coefficient (Wildman–Crippen LogP) is 1.86. The second-order valence-electron chi connectivity index (χ2n) is 3.27. The molecule has 12 heavy (non-hydrogen) atoms. The van der Waals surface area contributed by atoms with E-state index < -0.39 is 0 Å². The number of nitrogens with two attached hydrogens (primary N) is 1. The van der Waals surface area contributed by atoms with Gasteiger partial charge in [0.1, 0.15) is 0 Å². The van der Waals surface area contributed by atoms with Crippen molar-refractivity contribution in [2.45, 2.75) is 19.3 Å². The molecule has 0 aliphatic heterocycles. The molecule has 0 bridgehead atoms. The number of benzene rings is 1. The maximum Gasteiger partial charge on any atom is 0.0681 e. The van der Waals surface area contributed by atoms with E-state index >= 15 is 0 Å². The molecule has 62 valence electrons. The molecule has 0 saturated heterocycles. The third-order valence-electron chi connectivity index (χ3n) is 2.46. The Morgan fingerprint density at radius 1 is 1.42 bits per heavy atom. The molecule has 2 N–H and O–H groups in total. The Hall–Kier alpha value is -1.31. The second-order valence-corrected chi connectivity index (χ2v) is 3.27. The van der Waals surface area contributed by atoms with Crippen molar-refractivity contribution in [1.29, 1.82) is 0 Å². The summed E-state index contributed by atoms with van der Waals surface area (Å²) in [6, 6.07) is 8.33. The van der Waals surface area contributed by atoms with E-state index in [4.69, 9.17) is 5.84 Å². The Morgan fingerprint density at radius 2 is 2.17 bits per heavy atom. The Bertz CT molecular complexity index is 328. The molecule has 1 atom stereocenters. The number of hydrogen-bond donors (Lipinski definition) is 1. The third-order valence-corrected chi connectivity index (χ3v) is 2.46. The fourth-order valence-corrected chi connectivity index (χ4v) is 1.82. The zero-order chi connectivity index (χ0) is 8.55. The molecule has 1 aliphatic rings. The van der Waals surface area contributed by atoms with Crippen LogP contribution in [0, 0.1) is 0 Å². The zero-order valence-electron chi connectivity index (χ0n) is 7.12. The van der Waals surface area contributed by atoms with Crippen LogP contribution in [0.3, 0.4) is 0 Å². The van der Waals surface area contributed by atoms with Gasteiger partial charge in [-0.25, -0.2) is 0 Å². The largest absolute Gasteiger partial charge is 0.323 e. The molecule has 0 amide bonds. The Labute approximate surface area is 72.1 Å². The highest BCUT2D eigenvalue weighted by atomic mass is 15.1. The summed E-state index contributed by atoms with van der Waals surface area (Å²) in [6.45, 7) is 2.21. The van der Waals surface area contributed by atoms with Gasteiger partial charge in [0.2, 0.25) is 0 Å². The number of nitrogens with zero attached hydrogens (tertiary/aromatic N) is 1. The van der Waals surface area contributed by atoms with Crippen LogP contribution < -0.4 is 5.84 Å². The first kappa shape index (κ1) is 7.35. The fourth-order valence-electron chi connectivity index (χ4n) is 1.82. The summed E-state index contributed by atoms with van der Waals surface area (Å²) in [5.41, 5.74) is 3.65. The van der Waals surface area contributed by atoms with Crippen LogP contribution in [0.4, 0.5) is 0 Å². The van der Waals surface area contributed by atoms with Gasteiger partial charge in [-0.15, -0.1) is 0 Å². The minimum atomic E-state index is 0.573. The van der Waals surface area contributed by atoms with Crippen molar-refractivity contribution in [2.75, 3.05) is 0 Å². The molecule has 0 saturated carbocycles. The zero-order valence-corrected chi connectivity index (χ0v) is 7.12. The highest BCUT2D eigenvalue weighted by Gasteiger charge is 2.23. The van der Waals surface area contributed by atoms with Crippen molar-refractivity contribution in [3.05, 3.63) is 35.4 Å². The van der Waals surface area contributed by atoms with Gasteiger partial charge in [0, 0.05) is 5.56 Å². The van der Waals surface area contributed by atoms with Gasteiger partial charge in [-0.3, -0.25) is 0 Å². The lowest BCUT2D eigenvalue weighted by Crippen LogP contribution is -1.98. The molecule has 0 radical (unpaired) electrons. The van der Waals surface area contributed by atoms with Crippen LogP contribution in [0.25, 0.3) is 0 Å². The third kappa shape index (κ3) is 0.916. The van der Waals surface area contributed by atoms with Crippen LogP contribution in [-0.2, 0) is 0 Å². The van der Waals surface area contributed by atoms with E-state index in [2.05, 4.69) is 30.2 Å². The SMILES string of the molecule is CC1C/C(=N/N)c2ccccc21. The molecule has 1 unspecified atom stereocenters. The number of hydrogen-bond acceptors (Lipinski definition) is 2. The molecule has 0 spiro atoms. The molecule has 0 fully saturated rings. The van der Waals surface area contributed by atoms with E-state index in [-0.39, 0.29) is 0 Å². The molecular weight excluding hydrogens is 148 g/mol. The summed E-state index contributed by atoms with van der Waals surface area (Å²) in [4.78, 5) is 0. The molecule has 1 aromatic carbocycles. The summed E-state index contributed by atoms with van der Waals surface area (Å²) in [6.07, 6.45) is 0.982. The van der Waals surface area contributed by atoms with E-state index in [0.29, 0.717) is 5.92 Å². The number of fused-ring (bicyclic) bond motifs is 1. The van der Waals surface area contributed by atoms with Crippen molar-refractivity contribution in [3.8, 4) is 0 Å². The van der Waals surface area contributed by atoms with Gasteiger partial charge in [0.25, 0.3) is 0 Å². The molecule has 1 aromatic rings. The van der Waals surface area contributed by atoms with Gasteiger partial charge in [-0.2, -0.15) is 5.10 Å². The number of rotatable bonds is 0. The van der Waals surface area contributed by atoms with Crippen LogP contribution >= 0.6 is 0 Å².